The Hall–Kier alpha value is -2.79. The van der Waals surface area contributed by atoms with E-state index in [0.717, 1.165) is 30.2 Å². The molecule has 0 N–H and O–H groups in total. The van der Waals surface area contributed by atoms with Crippen LogP contribution in [0, 0.1) is 0 Å². The van der Waals surface area contributed by atoms with Gasteiger partial charge in [-0.25, -0.2) is 4.79 Å². The highest BCUT2D eigenvalue weighted by Gasteiger charge is 2.13. The van der Waals surface area contributed by atoms with Gasteiger partial charge in [0.25, 0.3) is 0 Å². The zero-order chi connectivity index (χ0) is 17.6. The molecular formula is C20H21NO4. The molecule has 1 heterocycles. The van der Waals surface area contributed by atoms with Crippen molar-refractivity contribution >= 4 is 12.0 Å². The van der Waals surface area contributed by atoms with E-state index in [1.54, 1.807) is 12.1 Å². The molecule has 2 aromatic carbocycles. The smallest absolute Gasteiger partial charge is 0.337 e. The first-order valence-corrected chi connectivity index (χ1v) is 8.07. The minimum Gasteiger partial charge on any atom is -0.465 e. The van der Waals surface area contributed by atoms with Crippen LogP contribution in [-0.4, -0.2) is 38.4 Å². The summed E-state index contributed by atoms with van der Waals surface area (Å²) < 4.78 is 15.4. The summed E-state index contributed by atoms with van der Waals surface area (Å²) in [5.41, 5.74) is 2.78. The van der Waals surface area contributed by atoms with E-state index in [-0.39, 0.29) is 5.97 Å². The fourth-order valence-electron chi connectivity index (χ4n) is 2.63. The summed E-state index contributed by atoms with van der Waals surface area (Å²) in [6.07, 6.45) is 4.14. The van der Waals surface area contributed by atoms with Crippen molar-refractivity contribution in [2.75, 3.05) is 27.5 Å². The number of rotatable bonds is 6. The topological polar surface area (TPSA) is 48.0 Å². The Morgan fingerprint density at radius 1 is 1.16 bits per heavy atom. The molecule has 3 rings (SSSR count). The van der Waals surface area contributed by atoms with Crippen LogP contribution >= 0.6 is 0 Å². The minimum absolute atomic E-state index is 0.298. The lowest BCUT2D eigenvalue weighted by atomic mass is 10.1. The van der Waals surface area contributed by atoms with Crippen molar-refractivity contribution in [1.82, 2.24) is 4.90 Å². The molecule has 1 aliphatic rings. The number of fused-ring (bicyclic) bond motifs is 1. The van der Waals surface area contributed by atoms with Crippen molar-refractivity contribution in [3.8, 4) is 11.5 Å². The van der Waals surface area contributed by atoms with Crippen LogP contribution < -0.4 is 9.47 Å². The monoisotopic (exact) mass is 339 g/mol. The Labute approximate surface area is 147 Å². The molecule has 0 saturated carbocycles. The van der Waals surface area contributed by atoms with Crippen LogP contribution in [0.3, 0.4) is 0 Å². The highest BCUT2D eigenvalue weighted by Crippen LogP contribution is 2.32. The third kappa shape index (κ3) is 4.39. The Bertz CT molecular complexity index is 768. The number of hydrogen-bond acceptors (Lipinski definition) is 5. The standard InChI is InChI=1S/C20H21NO4/c1-21(13-16-7-10-18-19(12-16)25-14-24-18)11-3-4-15-5-8-17(9-6-15)20(22)23-2/h3-10,12H,11,13-14H2,1-2H3/b4-3+. The summed E-state index contributed by atoms with van der Waals surface area (Å²) in [7, 11) is 3.45. The first-order valence-electron chi connectivity index (χ1n) is 8.07. The molecule has 0 saturated heterocycles. The van der Waals surface area contributed by atoms with Crippen LogP contribution in [0.15, 0.2) is 48.5 Å². The molecule has 5 nitrogen and oxygen atoms in total. The first kappa shape index (κ1) is 17.0. The minimum atomic E-state index is -0.320. The lowest BCUT2D eigenvalue weighted by Crippen LogP contribution is -2.17. The van der Waals surface area contributed by atoms with E-state index in [0.29, 0.717) is 12.4 Å². The highest BCUT2D eigenvalue weighted by atomic mass is 16.7. The lowest BCUT2D eigenvalue weighted by Gasteiger charge is -2.14. The van der Waals surface area contributed by atoms with Gasteiger partial charge in [-0.15, -0.1) is 0 Å². The number of methoxy groups -OCH3 is 1. The fourth-order valence-corrected chi connectivity index (χ4v) is 2.63. The molecule has 0 spiro atoms. The summed E-state index contributed by atoms with van der Waals surface area (Å²) in [5.74, 6) is 1.30. The second-order valence-corrected chi connectivity index (χ2v) is 5.90. The van der Waals surface area contributed by atoms with Crippen LogP contribution in [0.25, 0.3) is 6.08 Å². The predicted molar refractivity (Wildman–Crippen MR) is 95.7 cm³/mol. The van der Waals surface area contributed by atoms with Gasteiger partial charge in [-0.1, -0.05) is 30.4 Å². The Morgan fingerprint density at radius 3 is 2.68 bits per heavy atom. The van der Waals surface area contributed by atoms with E-state index in [9.17, 15) is 4.79 Å². The molecule has 0 aromatic heterocycles. The number of hydrogen-bond donors (Lipinski definition) is 0. The molecule has 0 radical (unpaired) electrons. The lowest BCUT2D eigenvalue weighted by molar-refractivity contribution is 0.0600. The first-order chi connectivity index (χ1) is 12.2. The molecule has 0 amide bonds. The summed E-state index contributed by atoms with van der Waals surface area (Å²) in [6.45, 7) is 1.93. The molecule has 0 fully saturated rings. The number of carbonyl (C=O) groups excluding carboxylic acids is 1. The molecule has 0 unspecified atom stereocenters. The third-order valence-corrected chi connectivity index (χ3v) is 3.95. The van der Waals surface area contributed by atoms with Gasteiger partial charge in [-0.2, -0.15) is 0 Å². The van der Waals surface area contributed by atoms with E-state index >= 15 is 0 Å². The van der Waals surface area contributed by atoms with Crippen LogP contribution in [0.1, 0.15) is 21.5 Å². The van der Waals surface area contributed by atoms with Crippen LogP contribution in [0.2, 0.25) is 0 Å². The van der Waals surface area contributed by atoms with E-state index in [4.69, 9.17) is 14.2 Å². The Balaban J connectivity index is 1.52. The van der Waals surface area contributed by atoms with Crippen molar-refractivity contribution in [2.24, 2.45) is 0 Å². The SMILES string of the molecule is COC(=O)c1ccc(/C=C/CN(C)Cc2ccc3c(c2)OCO3)cc1. The van der Waals surface area contributed by atoms with Gasteiger partial charge in [0.1, 0.15) is 0 Å². The quantitative estimate of drug-likeness (QED) is 0.756. The molecule has 130 valence electrons. The second kappa shape index (κ2) is 7.85. The maximum absolute atomic E-state index is 11.4. The maximum atomic E-state index is 11.4. The van der Waals surface area contributed by atoms with Gasteiger partial charge in [0, 0.05) is 13.1 Å². The maximum Gasteiger partial charge on any atom is 0.337 e. The average Bonchev–Trinajstić information content (AvgIpc) is 3.09. The van der Waals surface area contributed by atoms with Crippen LogP contribution in [0.4, 0.5) is 0 Å². The van der Waals surface area contributed by atoms with E-state index in [1.807, 2.05) is 30.3 Å². The Kier molecular flexibility index (Phi) is 5.36. The van der Waals surface area contributed by atoms with Gasteiger partial charge in [0.2, 0.25) is 6.79 Å². The zero-order valence-corrected chi connectivity index (χ0v) is 14.4. The number of benzene rings is 2. The summed E-state index contributed by atoms with van der Waals surface area (Å²) >= 11 is 0. The molecule has 0 atom stereocenters. The summed E-state index contributed by atoms with van der Waals surface area (Å²) in [4.78, 5) is 13.6. The van der Waals surface area contributed by atoms with Gasteiger partial charge in [0.15, 0.2) is 11.5 Å². The fraction of sp³-hybridized carbons (Fsp3) is 0.250. The molecule has 5 heteroatoms. The number of likely N-dealkylation sites (N-methyl/N-ethyl adjacent to an activating group) is 1. The highest BCUT2D eigenvalue weighted by molar-refractivity contribution is 5.89. The largest absolute Gasteiger partial charge is 0.465 e. The number of nitrogens with zero attached hydrogens (tertiary/aromatic N) is 1. The van der Waals surface area contributed by atoms with Crippen LogP contribution in [-0.2, 0) is 11.3 Å². The molecule has 0 bridgehead atoms. The van der Waals surface area contributed by atoms with Gasteiger partial charge in [0.05, 0.1) is 12.7 Å². The normalized spacial score (nSPS) is 12.8. The number of ether oxygens (including phenoxy) is 3. The van der Waals surface area contributed by atoms with E-state index in [1.165, 1.54) is 12.7 Å². The number of carbonyl (C=O) groups is 1. The van der Waals surface area contributed by atoms with Gasteiger partial charge in [-0.3, -0.25) is 4.90 Å². The molecule has 0 aliphatic carbocycles. The van der Waals surface area contributed by atoms with Crippen molar-refractivity contribution in [3.05, 3.63) is 65.2 Å². The van der Waals surface area contributed by atoms with Crippen molar-refractivity contribution in [3.63, 3.8) is 0 Å². The van der Waals surface area contributed by atoms with Crippen LogP contribution in [0.5, 0.6) is 11.5 Å². The van der Waals surface area contributed by atoms with Gasteiger partial charge in [-0.05, 0) is 42.4 Å². The van der Waals surface area contributed by atoms with E-state index in [2.05, 4.69) is 24.1 Å². The second-order valence-electron chi connectivity index (χ2n) is 5.90. The molecular weight excluding hydrogens is 318 g/mol. The van der Waals surface area contributed by atoms with Crippen molar-refractivity contribution < 1.29 is 19.0 Å². The average molecular weight is 339 g/mol. The number of esters is 1. The van der Waals surface area contributed by atoms with Gasteiger partial charge < -0.3 is 14.2 Å². The molecule has 1 aliphatic heterocycles. The Morgan fingerprint density at radius 2 is 1.92 bits per heavy atom. The third-order valence-electron chi connectivity index (χ3n) is 3.95. The summed E-state index contributed by atoms with van der Waals surface area (Å²) in [5, 5.41) is 0. The van der Waals surface area contributed by atoms with Gasteiger partial charge >= 0.3 is 5.97 Å². The van der Waals surface area contributed by atoms with E-state index < -0.39 is 0 Å². The summed E-state index contributed by atoms with van der Waals surface area (Å²) in [6, 6.07) is 13.4. The molecule has 2 aromatic rings. The van der Waals surface area contributed by atoms with Crippen molar-refractivity contribution in [1.29, 1.82) is 0 Å². The predicted octanol–water partition coefficient (Wildman–Crippen LogP) is 3.35. The molecule has 25 heavy (non-hydrogen) atoms. The zero-order valence-electron chi connectivity index (χ0n) is 14.4. The van der Waals surface area contributed by atoms with Crippen molar-refractivity contribution in [2.45, 2.75) is 6.54 Å².